The predicted molar refractivity (Wildman–Crippen MR) is 80.6 cm³/mol. The fourth-order valence-electron chi connectivity index (χ4n) is 2.69. The van der Waals surface area contributed by atoms with Crippen molar-refractivity contribution >= 4 is 11.6 Å². The van der Waals surface area contributed by atoms with Crippen LogP contribution in [0.4, 0.5) is 10.1 Å². The van der Waals surface area contributed by atoms with E-state index in [4.69, 9.17) is 0 Å². The number of fused-ring (bicyclic) bond motifs is 1. The average molecular weight is 284 g/mol. The summed E-state index contributed by atoms with van der Waals surface area (Å²) in [5, 5.41) is 6.19. The van der Waals surface area contributed by atoms with Gasteiger partial charge in [0.15, 0.2) is 0 Å². The zero-order valence-electron chi connectivity index (χ0n) is 11.8. The molecule has 21 heavy (non-hydrogen) atoms. The van der Waals surface area contributed by atoms with Crippen LogP contribution >= 0.6 is 0 Å². The largest absolute Gasteiger partial charge is 0.384 e. The molecule has 108 valence electrons. The van der Waals surface area contributed by atoms with Gasteiger partial charge < -0.3 is 10.6 Å². The second-order valence-corrected chi connectivity index (χ2v) is 5.31. The molecule has 3 nitrogen and oxygen atoms in total. The van der Waals surface area contributed by atoms with Gasteiger partial charge in [-0.3, -0.25) is 4.79 Å². The Labute approximate surface area is 123 Å². The van der Waals surface area contributed by atoms with Crippen LogP contribution in [0.2, 0.25) is 0 Å². The van der Waals surface area contributed by atoms with Crippen molar-refractivity contribution in [3.63, 3.8) is 0 Å². The molecule has 2 aromatic carbocycles. The highest BCUT2D eigenvalue weighted by Gasteiger charge is 2.28. The van der Waals surface area contributed by atoms with E-state index in [0.717, 1.165) is 16.8 Å². The van der Waals surface area contributed by atoms with Crippen molar-refractivity contribution in [1.29, 1.82) is 0 Å². The maximum atomic E-state index is 13.2. The van der Waals surface area contributed by atoms with Crippen LogP contribution in [0.25, 0.3) is 0 Å². The minimum absolute atomic E-state index is 0.0378. The zero-order valence-corrected chi connectivity index (χ0v) is 11.8. The van der Waals surface area contributed by atoms with Gasteiger partial charge in [0.1, 0.15) is 5.82 Å². The van der Waals surface area contributed by atoms with Crippen LogP contribution in [0.1, 0.15) is 30.0 Å². The molecule has 2 aromatic rings. The van der Waals surface area contributed by atoms with Gasteiger partial charge in [-0.05, 0) is 36.2 Å². The van der Waals surface area contributed by atoms with E-state index < -0.39 is 0 Å². The minimum Gasteiger partial charge on any atom is -0.384 e. The summed E-state index contributed by atoms with van der Waals surface area (Å²) in [5.74, 6) is -0.525. The predicted octanol–water partition coefficient (Wildman–Crippen LogP) is 3.21. The summed E-state index contributed by atoms with van der Waals surface area (Å²) < 4.78 is 13.2. The van der Waals surface area contributed by atoms with E-state index in [9.17, 15) is 9.18 Å². The van der Waals surface area contributed by atoms with Crippen molar-refractivity contribution in [3.8, 4) is 0 Å². The van der Waals surface area contributed by atoms with Crippen LogP contribution in [0, 0.1) is 5.82 Å². The molecule has 0 saturated carbocycles. The number of nitrogens with one attached hydrogen (secondary N) is 2. The van der Waals surface area contributed by atoms with Crippen molar-refractivity contribution < 1.29 is 9.18 Å². The van der Waals surface area contributed by atoms with E-state index in [-0.39, 0.29) is 23.7 Å². The zero-order chi connectivity index (χ0) is 14.8. The molecule has 4 heteroatoms. The average Bonchev–Trinajstić information content (AvgIpc) is 2.91. The number of rotatable bonds is 3. The first kappa shape index (κ1) is 13.6. The van der Waals surface area contributed by atoms with Crippen LogP contribution in [0.5, 0.6) is 0 Å². The molecule has 0 saturated heterocycles. The lowest BCUT2D eigenvalue weighted by atomic mass is 9.99. The van der Waals surface area contributed by atoms with Crippen molar-refractivity contribution in [2.45, 2.75) is 18.9 Å². The summed E-state index contributed by atoms with van der Waals surface area (Å²) in [7, 11) is 0. The van der Waals surface area contributed by atoms with Crippen molar-refractivity contribution in [3.05, 3.63) is 65.5 Å². The summed E-state index contributed by atoms with van der Waals surface area (Å²) in [6.07, 6.45) is 0. The summed E-state index contributed by atoms with van der Waals surface area (Å²) in [6, 6.07) is 13.9. The van der Waals surface area contributed by atoms with Gasteiger partial charge in [0.05, 0.1) is 12.0 Å². The lowest BCUT2D eigenvalue weighted by Gasteiger charge is -2.17. The van der Waals surface area contributed by atoms with Gasteiger partial charge in [-0.1, -0.05) is 30.3 Å². The van der Waals surface area contributed by atoms with Gasteiger partial charge >= 0.3 is 0 Å². The minimum atomic E-state index is -0.290. The first-order chi connectivity index (χ1) is 10.1. The van der Waals surface area contributed by atoms with Crippen LogP contribution < -0.4 is 10.6 Å². The lowest BCUT2D eigenvalue weighted by Crippen LogP contribution is -2.32. The Morgan fingerprint density at radius 2 is 2.10 bits per heavy atom. The van der Waals surface area contributed by atoms with Crippen LogP contribution in [-0.2, 0) is 4.79 Å². The van der Waals surface area contributed by atoms with E-state index in [1.165, 1.54) is 12.1 Å². The molecule has 2 atom stereocenters. The number of amides is 1. The molecular formula is C17H17FN2O. The molecule has 0 spiro atoms. The van der Waals surface area contributed by atoms with Crippen molar-refractivity contribution in [2.24, 2.45) is 0 Å². The lowest BCUT2D eigenvalue weighted by molar-refractivity contribution is -0.122. The van der Waals surface area contributed by atoms with Gasteiger partial charge in [-0.25, -0.2) is 4.39 Å². The molecule has 0 radical (unpaired) electrons. The standard InChI is InChI=1S/C17H17FN2O/c1-11(12-5-4-6-13(18)9-12)20-17(21)15-10-19-16-8-3-2-7-14(15)16/h2-9,11,15,19H,10H2,1H3,(H,20,21). The Morgan fingerprint density at radius 3 is 2.90 bits per heavy atom. The summed E-state index contributed by atoms with van der Waals surface area (Å²) in [4.78, 5) is 12.4. The monoisotopic (exact) mass is 284 g/mol. The molecule has 1 aliphatic rings. The second kappa shape index (κ2) is 5.56. The number of hydrogen-bond acceptors (Lipinski definition) is 2. The van der Waals surface area contributed by atoms with E-state index in [2.05, 4.69) is 10.6 Å². The quantitative estimate of drug-likeness (QED) is 0.908. The Bertz CT molecular complexity index is 671. The first-order valence-corrected chi connectivity index (χ1v) is 7.04. The number of halogens is 1. The molecule has 1 aliphatic heterocycles. The summed E-state index contributed by atoms with van der Waals surface area (Å²) >= 11 is 0. The van der Waals surface area contributed by atoms with Gasteiger partial charge in [-0.2, -0.15) is 0 Å². The van der Waals surface area contributed by atoms with E-state index in [0.29, 0.717) is 6.54 Å². The molecule has 0 bridgehead atoms. The van der Waals surface area contributed by atoms with Crippen LogP contribution in [0.15, 0.2) is 48.5 Å². The van der Waals surface area contributed by atoms with E-state index in [1.54, 1.807) is 6.07 Å². The van der Waals surface area contributed by atoms with Gasteiger partial charge in [0, 0.05) is 12.2 Å². The Morgan fingerprint density at radius 1 is 1.29 bits per heavy atom. The number of para-hydroxylation sites is 1. The topological polar surface area (TPSA) is 41.1 Å². The third-order valence-corrected chi connectivity index (χ3v) is 3.86. The fraction of sp³-hybridized carbons (Fsp3) is 0.235. The number of hydrogen-bond donors (Lipinski definition) is 2. The van der Waals surface area contributed by atoms with Gasteiger partial charge in [0.2, 0.25) is 5.91 Å². The molecule has 1 heterocycles. The Hall–Kier alpha value is -2.36. The highest BCUT2D eigenvalue weighted by molar-refractivity contribution is 5.88. The molecule has 2 unspecified atom stereocenters. The van der Waals surface area contributed by atoms with Crippen molar-refractivity contribution in [2.75, 3.05) is 11.9 Å². The smallest absolute Gasteiger partial charge is 0.229 e. The maximum Gasteiger partial charge on any atom is 0.229 e. The van der Waals surface area contributed by atoms with Gasteiger partial charge in [-0.15, -0.1) is 0 Å². The molecule has 1 amide bonds. The second-order valence-electron chi connectivity index (χ2n) is 5.31. The molecule has 0 fully saturated rings. The summed E-state index contributed by atoms with van der Waals surface area (Å²) in [6.45, 7) is 2.46. The Balaban J connectivity index is 1.73. The molecule has 0 aliphatic carbocycles. The molecule has 0 aromatic heterocycles. The third-order valence-electron chi connectivity index (χ3n) is 3.86. The highest BCUT2D eigenvalue weighted by atomic mass is 19.1. The molecule has 3 rings (SSSR count). The summed E-state index contributed by atoms with van der Waals surface area (Å²) in [5.41, 5.74) is 2.79. The van der Waals surface area contributed by atoms with E-state index >= 15 is 0 Å². The number of benzene rings is 2. The third kappa shape index (κ3) is 2.75. The van der Waals surface area contributed by atoms with Crippen molar-refractivity contribution in [1.82, 2.24) is 5.32 Å². The highest BCUT2D eigenvalue weighted by Crippen LogP contribution is 2.31. The number of anilines is 1. The molecular weight excluding hydrogens is 267 g/mol. The van der Waals surface area contributed by atoms with Crippen LogP contribution in [-0.4, -0.2) is 12.5 Å². The SMILES string of the molecule is CC(NC(=O)C1CNc2ccccc21)c1cccc(F)c1. The van der Waals surface area contributed by atoms with Gasteiger partial charge in [0.25, 0.3) is 0 Å². The number of carbonyl (C=O) groups is 1. The van der Waals surface area contributed by atoms with Crippen LogP contribution in [0.3, 0.4) is 0 Å². The molecule has 2 N–H and O–H groups in total. The normalized spacial score (nSPS) is 17.7. The van der Waals surface area contributed by atoms with E-state index in [1.807, 2.05) is 37.3 Å². The fourth-order valence-corrected chi connectivity index (χ4v) is 2.69. The Kier molecular flexibility index (Phi) is 3.60. The maximum absolute atomic E-state index is 13.2. The number of carbonyl (C=O) groups excluding carboxylic acids is 1. The first-order valence-electron chi connectivity index (χ1n) is 7.04.